The van der Waals surface area contributed by atoms with E-state index in [0.29, 0.717) is 6.54 Å². The second-order valence-corrected chi connectivity index (χ2v) is 3.03. The smallest absolute Gasteiger partial charge is 0.268 e. The Labute approximate surface area is 84.5 Å². The summed E-state index contributed by atoms with van der Waals surface area (Å²) in [6, 6.07) is 5.69. The van der Waals surface area contributed by atoms with Crippen LogP contribution in [0.5, 0.6) is 0 Å². The van der Waals surface area contributed by atoms with Gasteiger partial charge in [-0.25, -0.2) is 5.84 Å². The lowest BCUT2D eigenvalue weighted by Gasteiger charge is -2.04. The van der Waals surface area contributed by atoms with Gasteiger partial charge in [0.2, 0.25) is 0 Å². The molecular weight excluding hydrogens is 176 g/mol. The largest absolute Gasteiger partial charge is 0.272 e. The molecule has 14 heavy (non-hydrogen) atoms. The maximum absolute atomic E-state index is 11.3. The molecule has 0 aromatic heterocycles. The van der Waals surface area contributed by atoms with Crippen LogP contribution < -0.4 is 5.84 Å². The van der Waals surface area contributed by atoms with Gasteiger partial charge in [-0.1, -0.05) is 26.0 Å². The van der Waals surface area contributed by atoms with E-state index in [9.17, 15) is 4.79 Å². The molecule has 2 rings (SSSR count). The molecule has 1 aromatic carbocycles. The molecule has 0 radical (unpaired) electrons. The molecule has 3 nitrogen and oxygen atoms in total. The average molecular weight is 192 g/mol. The molecule has 0 unspecified atom stereocenters. The van der Waals surface area contributed by atoms with Crippen molar-refractivity contribution in [3.63, 3.8) is 0 Å². The second-order valence-electron chi connectivity index (χ2n) is 3.03. The minimum atomic E-state index is -0.0753. The van der Waals surface area contributed by atoms with Crippen molar-refractivity contribution < 1.29 is 4.79 Å². The van der Waals surface area contributed by atoms with Gasteiger partial charge in [-0.15, -0.1) is 0 Å². The van der Waals surface area contributed by atoms with Gasteiger partial charge in [0, 0.05) is 5.56 Å². The highest BCUT2D eigenvalue weighted by atomic mass is 16.2. The molecule has 0 spiro atoms. The fourth-order valence-corrected chi connectivity index (χ4v) is 1.51. The summed E-state index contributed by atoms with van der Waals surface area (Å²) in [4.78, 5) is 11.3. The molecule has 1 aliphatic rings. The maximum Gasteiger partial charge on any atom is 0.268 e. The number of hydrogen-bond acceptors (Lipinski definition) is 2. The van der Waals surface area contributed by atoms with E-state index in [0.717, 1.165) is 16.7 Å². The van der Waals surface area contributed by atoms with E-state index >= 15 is 0 Å². The Morgan fingerprint density at radius 3 is 2.57 bits per heavy atom. The quantitative estimate of drug-likeness (QED) is 0.503. The highest BCUT2D eigenvalue weighted by molar-refractivity contribution is 5.98. The van der Waals surface area contributed by atoms with Gasteiger partial charge in [0.05, 0.1) is 6.54 Å². The number of hydrazine groups is 1. The molecule has 3 heteroatoms. The molecular formula is C11H16N2O. The first-order chi connectivity index (χ1) is 6.70. The van der Waals surface area contributed by atoms with Crippen LogP contribution in [0.2, 0.25) is 0 Å². The van der Waals surface area contributed by atoms with Crippen LogP contribution >= 0.6 is 0 Å². The van der Waals surface area contributed by atoms with Crippen molar-refractivity contribution in [1.29, 1.82) is 0 Å². The molecule has 0 bridgehead atoms. The molecule has 1 heterocycles. The zero-order valence-corrected chi connectivity index (χ0v) is 8.87. The fourth-order valence-electron chi connectivity index (χ4n) is 1.51. The lowest BCUT2D eigenvalue weighted by Crippen LogP contribution is -2.30. The van der Waals surface area contributed by atoms with Gasteiger partial charge in [0.1, 0.15) is 0 Å². The lowest BCUT2D eigenvalue weighted by molar-refractivity contribution is 0.0778. The van der Waals surface area contributed by atoms with E-state index in [1.165, 1.54) is 5.01 Å². The number of benzene rings is 1. The van der Waals surface area contributed by atoms with Crippen molar-refractivity contribution in [2.45, 2.75) is 27.3 Å². The minimum absolute atomic E-state index is 0.0753. The highest BCUT2D eigenvalue weighted by Crippen LogP contribution is 2.22. The summed E-state index contributed by atoms with van der Waals surface area (Å²) < 4.78 is 0. The summed E-state index contributed by atoms with van der Waals surface area (Å²) in [5, 5.41) is 1.25. The number of carbonyl (C=O) groups is 1. The normalized spacial score (nSPS) is 13.4. The van der Waals surface area contributed by atoms with Crippen molar-refractivity contribution in [1.82, 2.24) is 5.01 Å². The highest BCUT2D eigenvalue weighted by Gasteiger charge is 2.25. The standard InChI is InChI=1S/C9H10N2O.C2H6/c1-6-3-2-4-7-8(6)5-11(10)9(7)12;1-2/h2-4H,5,10H2,1H3;1-2H3. The van der Waals surface area contributed by atoms with E-state index in [1.54, 1.807) is 0 Å². The summed E-state index contributed by atoms with van der Waals surface area (Å²) >= 11 is 0. The first kappa shape index (κ1) is 10.7. The Hall–Kier alpha value is -1.35. The summed E-state index contributed by atoms with van der Waals surface area (Å²) in [6.07, 6.45) is 0. The molecule has 1 amide bonds. The average Bonchev–Trinajstić information content (AvgIpc) is 2.50. The van der Waals surface area contributed by atoms with Crippen LogP contribution in [0, 0.1) is 6.92 Å². The van der Waals surface area contributed by atoms with Gasteiger partial charge in [0.25, 0.3) is 5.91 Å². The third-order valence-electron chi connectivity index (χ3n) is 2.23. The van der Waals surface area contributed by atoms with E-state index in [1.807, 2.05) is 39.0 Å². The predicted octanol–water partition coefficient (Wildman–Crippen LogP) is 1.85. The monoisotopic (exact) mass is 192 g/mol. The number of hydrogen-bond donors (Lipinski definition) is 1. The van der Waals surface area contributed by atoms with Crippen LogP contribution in [0.25, 0.3) is 0 Å². The SMILES string of the molecule is CC.Cc1cccc2c1CN(N)C2=O. The molecule has 1 aliphatic heterocycles. The van der Waals surface area contributed by atoms with E-state index in [-0.39, 0.29) is 5.91 Å². The molecule has 0 fully saturated rings. The van der Waals surface area contributed by atoms with Gasteiger partial charge in [-0.05, 0) is 24.1 Å². The van der Waals surface area contributed by atoms with Gasteiger partial charge < -0.3 is 0 Å². The molecule has 76 valence electrons. The maximum atomic E-state index is 11.3. The van der Waals surface area contributed by atoms with Crippen molar-refractivity contribution in [3.05, 3.63) is 34.9 Å². The van der Waals surface area contributed by atoms with Gasteiger partial charge >= 0.3 is 0 Å². The second kappa shape index (κ2) is 4.24. The Balaban J connectivity index is 0.000000461. The van der Waals surface area contributed by atoms with Gasteiger partial charge in [0.15, 0.2) is 0 Å². The van der Waals surface area contributed by atoms with Gasteiger partial charge in [-0.3, -0.25) is 9.80 Å². The summed E-state index contributed by atoms with van der Waals surface area (Å²) in [5.74, 6) is 5.41. The number of amides is 1. The van der Waals surface area contributed by atoms with Crippen LogP contribution in [0.4, 0.5) is 0 Å². The predicted molar refractivity (Wildman–Crippen MR) is 56.6 cm³/mol. The number of aryl methyl sites for hydroxylation is 1. The first-order valence-electron chi connectivity index (χ1n) is 4.85. The molecule has 0 saturated heterocycles. The van der Waals surface area contributed by atoms with Crippen molar-refractivity contribution in [3.8, 4) is 0 Å². The zero-order valence-electron chi connectivity index (χ0n) is 8.87. The zero-order chi connectivity index (χ0) is 10.7. The van der Waals surface area contributed by atoms with Crippen LogP contribution in [0.1, 0.15) is 35.3 Å². The summed E-state index contributed by atoms with van der Waals surface area (Å²) in [6.45, 7) is 6.53. The third-order valence-corrected chi connectivity index (χ3v) is 2.23. The Morgan fingerprint density at radius 2 is 2.00 bits per heavy atom. The minimum Gasteiger partial charge on any atom is -0.272 e. The van der Waals surface area contributed by atoms with Crippen molar-refractivity contribution in [2.75, 3.05) is 0 Å². The number of nitrogens with zero attached hydrogens (tertiary/aromatic N) is 1. The number of fused-ring (bicyclic) bond motifs is 1. The Bertz CT molecular complexity index is 347. The molecule has 2 N–H and O–H groups in total. The number of rotatable bonds is 0. The van der Waals surface area contributed by atoms with Crippen LogP contribution in [0.3, 0.4) is 0 Å². The number of nitrogens with two attached hydrogens (primary N) is 1. The molecule has 0 atom stereocenters. The Kier molecular flexibility index (Phi) is 3.25. The third kappa shape index (κ3) is 1.63. The van der Waals surface area contributed by atoms with Gasteiger partial charge in [-0.2, -0.15) is 0 Å². The molecule has 1 aromatic rings. The summed E-state index contributed by atoms with van der Waals surface area (Å²) in [5.41, 5.74) is 2.94. The van der Waals surface area contributed by atoms with Crippen molar-refractivity contribution >= 4 is 5.91 Å². The van der Waals surface area contributed by atoms with Crippen LogP contribution in [0.15, 0.2) is 18.2 Å². The Morgan fingerprint density at radius 1 is 1.36 bits per heavy atom. The topological polar surface area (TPSA) is 46.3 Å². The van der Waals surface area contributed by atoms with E-state index < -0.39 is 0 Å². The fraction of sp³-hybridized carbons (Fsp3) is 0.364. The van der Waals surface area contributed by atoms with E-state index in [4.69, 9.17) is 5.84 Å². The van der Waals surface area contributed by atoms with E-state index in [2.05, 4.69) is 0 Å². The summed E-state index contributed by atoms with van der Waals surface area (Å²) in [7, 11) is 0. The van der Waals surface area contributed by atoms with Crippen LogP contribution in [-0.2, 0) is 6.54 Å². The van der Waals surface area contributed by atoms with Crippen molar-refractivity contribution in [2.24, 2.45) is 5.84 Å². The van der Waals surface area contributed by atoms with Crippen LogP contribution in [-0.4, -0.2) is 10.9 Å². The number of carbonyl (C=O) groups excluding carboxylic acids is 1. The lowest BCUT2D eigenvalue weighted by atomic mass is 10.1. The molecule has 0 saturated carbocycles. The molecule has 0 aliphatic carbocycles. The first-order valence-corrected chi connectivity index (χ1v) is 4.85.